The summed E-state index contributed by atoms with van der Waals surface area (Å²) in [6, 6.07) is 10.9. The normalized spacial score (nSPS) is 15.3. The lowest BCUT2D eigenvalue weighted by atomic mass is 10.0. The van der Waals surface area contributed by atoms with Gasteiger partial charge in [0.15, 0.2) is 6.10 Å². The van der Waals surface area contributed by atoms with Crippen LogP contribution in [0, 0.1) is 0 Å². The Labute approximate surface area is 237 Å². The van der Waals surface area contributed by atoms with Crippen molar-refractivity contribution < 1.29 is 51.6 Å². The van der Waals surface area contributed by atoms with Gasteiger partial charge in [0, 0.05) is 22.3 Å². The fraction of sp³-hybridized carbons (Fsp3) is 0.393. The molecule has 2 heterocycles. The number of fused-ring (bicyclic) bond motifs is 1. The number of pyridine rings is 1. The minimum atomic E-state index is -4.60. The molecule has 4 rings (SSSR count). The molecule has 0 bridgehead atoms. The predicted octanol–water partition coefficient (Wildman–Crippen LogP) is 3.12. The van der Waals surface area contributed by atoms with E-state index in [1.807, 2.05) is 0 Å². The second-order valence-electron chi connectivity index (χ2n) is 9.13. The monoisotopic (exact) mass is 594 g/mol. The fourth-order valence-electron chi connectivity index (χ4n) is 4.23. The van der Waals surface area contributed by atoms with E-state index in [1.165, 1.54) is 41.3 Å². The highest BCUT2D eigenvalue weighted by Gasteiger charge is 2.35. The number of amides is 1. The number of esters is 1. The average Bonchev–Trinajstić information content (AvgIpc) is 3.34. The van der Waals surface area contributed by atoms with Crippen molar-refractivity contribution in [1.82, 2.24) is 4.98 Å². The number of rotatable bonds is 14. The number of hydrogen-bond donors (Lipinski definition) is 2. The summed E-state index contributed by atoms with van der Waals surface area (Å²) < 4.78 is 66.3. The van der Waals surface area contributed by atoms with E-state index in [0.29, 0.717) is 24.3 Å². The topological polar surface area (TPSA) is 137 Å². The van der Waals surface area contributed by atoms with Gasteiger partial charge in [-0.1, -0.05) is 24.3 Å². The SMILES string of the molecule is O=C(COCCOCCOCCO)OCC1CN(c2ccc3cc(-c4ccccc4C(F)(F)F)[nH]c(=O)c3c2)C(=O)O1. The smallest absolute Gasteiger partial charge is 0.417 e. The van der Waals surface area contributed by atoms with Gasteiger partial charge in [-0.2, -0.15) is 13.2 Å². The van der Waals surface area contributed by atoms with Gasteiger partial charge in [0.25, 0.3) is 5.56 Å². The van der Waals surface area contributed by atoms with Crippen molar-refractivity contribution >= 4 is 28.5 Å². The van der Waals surface area contributed by atoms with Gasteiger partial charge in [0.2, 0.25) is 0 Å². The zero-order valence-corrected chi connectivity index (χ0v) is 22.4. The zero-order chi connectivity index (χ0) is 30.1. The molecular formula is C28H29F3N2O9. The number of benzene rings is 2. The predicted molar refractivity (Wildman–Crippen MR) is 143 cm³/mol. The molecule has 2 N–H and O–H groups in total. The lowest BCUT2D eigenvalue weighted by Crippen LogP contribution is -2.27. The number of ether oxygens (including phenoxy) is 5. The number of aromatic nitrogens is 1. The maximum Gasteiger partial charge on any atom is 0.417 e. The highest BCUT2D eigenvalue weighted by Crippen LogP contribution is 2.36. The van der Waals surface area contributed by atoms with Crippen LogP contribution in [0.15, 0.2) is 53.3 Å². The van der Waals surface area contributed by atoms with Gasteiger partial charge in [-0.15, -0.1) is 0 Å². The Balaban J connectivity index is 1.31. The summed E-state index contributed by atoms with van der Waals surface area (Å²) in [5.41, 5.74) is -1.32. The number of alkyl halides is 3. The summed E-state index contributed by atoms with van der Waals surface area (Å²) in [6.45, 7) is 0.716. The highest BCUT2D eigenvalue weighted by molar-refractivity contribution is 5.94. The highest BCUT2D eigenvalue weighted by atomic mass is 19.4. The Bertz CT molecular complexity index is 1440. The van der Waals surface area contributed by atoms with E-state index < -0.39 is 35.5 Å². The van der Waals surface area contributed by atoms with Gasteiger partial charge < -0.3 is 33.8 Å². The van der Waals surface area contributed by atoms with Crippen LogP contribution in [0.4, 0.5) is 23.7 Å². The van der Waals surface area contributed by atoms with Crippen molar-refractivity contribution in [3.05, 3.63) is 64.4 Å². The van der Waals surface area contributed by atoms with E-state index in [9.17, 15) is 27.6 Å². The van der Waals surface area contributed by atoms with Gasteiger partial charge in [0.05, 0.1) is 51.7 Å². The first-order valence-electron chi connectivity index (χ1n) is 13.0. The zero-order valence-electron chi connectivity index (χ0n) is 22.4. The molecule has 0 spiro atoms. The van der Waals surface area contributed by atoms with Crippen LogP contribution in [0.3, 0.4) is 0 Å². The Morgan fingerprint density at radius 3 is 2.45 bits per heavy atom. The van der Waals surface area contributed by atoms with Crippen LogP contribution in [0.5, 0.6) is 0 Å². The number of carbonyl (C=O) groups excluding carboxylic acids is 2. The van der Waals surface area contributed by atoms with E-state index in [4.69, 9.17) is 28.8 Å². The van der Waals surface area contributed by atoms with E-state index in [2.05, 4.69) is 4.98 Å². The van der Waals surface area contributed by atoms with Gasteiger partial charge in [-0.05, 0) is 29.7 Å². The number of aromatic amines is 1. The van der Waals surface area contributed by atoms with E-state index >= 15 is 0 Å². The van der Waals surface area contributed by atoms with Gasteiger partial charge >= 0.3 is 18.2 Å². The molecule has 1 aliphatic rings. The summed E-state index contributed by atoms with van der Waals surface area (Å²) in [6.07, 6.45) is -6.08. The van der Waals surface area contributed by atoms with E-state index in [1.54, 1.807) is 6.07 Å². The first-order valence-corrected chi connectivity index (χ1v) is 13.0. The minimum Gasteiger partial charge on any atom is -0.460 e. The number of aliphatic hydroxyl groups is 1. The average molecular weight is 595 g/mol. The summed E-state index contributed by atoms with van der Waals surface area (Å²) in [5.74, 6) is -0.657. The molecule has 226 valence electrons. The second kappa shape index (κ2) is 14.3. The van der Waals surface area contributed by atoms with Crippen LogP contribution in [-0.2, 0) is 34.7 Å². The lowest BCUT2D eigenvalue weighted by Gasteiger charge is -2.15. The van der Waals surface area contributed by atoms with Gasteiger partial charge in [-0.3, -0.25) is 9.69 Å². The first-order chi connectivity index (χ1) is 20.2. The number of anilines is 1. The fourth-order valence-corrected chi connectivity index (χ4v) is 4.23. The third-order valence-electron chi connectivity index (χ3n) is 6.17. The summed E-state index contributed by atoms with van der Waals surface area (Å²) in [4.78, 5) is 41.1. The number of cyclic esters (lactones) is 1. The van der Waals surface area contributed by atoms with E-state index in [-0.39, 0.29) is 62.8 Å². The van der Waals surface area contributed by atoms with Gasteiger partial charge in [-0.25, -0.2) is 9.59 Å². The van der Waals surface area contributed by atoms with Crippen LogP contribution in [0.1, 0.15) is 5.56 Å². The standard InChI is InChI=1S/C28H29F3N2O9/c29-28(30,31)23-4-2-1-3-21(23)24-13-18-5-6-19(14-22(18)26(36)32-24)33-15-20(42-27(33)37)16-41-25(35)17-40-12-11-39-10-9-38-8-7-34/h1-6,13-14,20,34H,7-12,15-17H2,(H,32,36). The molecule has 1 unspecified atom stereocenters. The maximum atomic E-state index is 13.5. The summed E-state index contributed by atoms with van der Waals surface area (Å²) in [7, 11) is 0. The Hall–Kier alpha value is -3.98. The van der Waals surface area contributed by atoms with Crippen molar-refractivity contribution in [1.29, 1.82) is 0 Å². The Kier molecular flexibility index (Phi) is 10.5. The van der Waals surface area contributed by atoms with Crippen molar-refractivity contribution in [2.75, 3.05) is 64.3 Å². The molecule has 2 aromatic carbocycles. The Morgan fingerprint density at radius 1 is 1.00 bits per heavy atom. The molecule has 1 aromatic heterocycles. The van der Waals surface area contributed by atoms with Crippen LogP contribution in [-0.4, -0.2) is 87.7 Å². The van der Waals surface area contributed by atoms with Crippen LogP contribution in [0.2, 0.25) is 0 Å². The molecule has 1 amide bonds. The molecule has 1 atom stereocenters. The molecule has 0 aliphatic carbocycles. The van der Waals surface area contributed by atoms with Crippen molar-refractivity contribution in [2.24, 2.45) is 0 Å². The Morgan fingerprint density at radius 2 is 1.71 bits per heavy atom. The minimum absolute atomic E-state index is 0.0102. The molecular weight excluding hydrogens is 565 g/mol. The largest absolute Gasteiger partial charge is 0.460 e. The summed E-state index contributed by atoms with van der Waals surface area (Å²) in [5, 5.41) is 9.15. The molecule has 0 saturated carbocycles. The number of halogens is 3. The number of nitrogens with zero attached hydrogens (tertiary/aromatic N) is 1. The van der Waals surface area contributed by atoms with E-state index in [0.717, 1.165) is 6.07 Å². The lowest BCUT2D eigenvalue weighted by molar-refractivity contribution is -0.151. The third kappa shape index (κ3) is 8.06. The molecule has 14 heteroatoms. The number of H-pyrrole nitrogens is 1. The summed E-state index contributed by atoms with van der Waals surface area (Å²) >= 11 is 0. The number of nitrogens with one attached hydrogen (secondary N) is 1. The maximum absolute atomic E-state index is 13.5. The molecule has 11 nitrogen and oxygen atoms in total. The quantitative estimate of drug-likeness (QED) is 0.213. The number of aliphatic hydroxyl groups excluding tert-OH is 1. The molecule has 1 saturated heterocycles. The molecule has 0 radical (unpaired) electrons. The van der Waals surface area contributed by atoms with Crippen molar-refractivity contribution in [3.8, 4) is 11.3 Å². The van der Waals surface area contributed by atoms with Gasteiger partial charge in [0.1, 0.15) is 13.2 Å². The van der Waals surface area contributed by atoms with Crippen molar-refractivity contribution in [3.63, 3.8) is 0 Å². The van der Waals surface area contributed by atoms with Crippen LogP contribution in [0.25, 0.3) is 22.0 Å². The molecule has 1 aliphatic heterocycles. The number of carbonyl (C=O) groups is 2. The molecule has 3 aromatic rings. The number of hydrogen-bond acceptors (Lipinski definition) is 9. The molecule has 42 heavy (non-hydrogen) atoms. The second-order valence-corrected chi connectivity index (χ2v) is 9.13. The molecule has 1 fully saturated rings. The third-order valence-corrected chi connectivity index (χ3v) is 6.17. The van der Waals surface area contributed by atoms with Crippen LogP contribution < -0.4 is 10.5 Å². The van der Waals surface area contributed by atoms with Crippen LogP contribution >= 0.6 is 0 Å². The van der Waals surface area contributed by atoms with Crippen molar-refractivity contribution in [2.45, 2.75) is 12.3 Å². The first kappa shape index (κ1) is 31.0.